The molecule has 0 spiro atoms. The molecule has 0 saturated heterocycles. The van der Waals surface area contributed by atoms with Crippen molar-refractivity contribution in [1.82, 2.24) is 0 Å². The minimum absolute atomic E-state index is 0.0657. The summed E-state index contributed by atoms with van der Waals surface area (Å²) in [6, 6.07) is 2.90. The molecular weight excluding hydrogens is 186 g/mol. The van der Waals surface area contributed by atoms with Crippen molar-refractivity contribution in [3.05, 3.63) is 27.8 Å². The molecule has 0 radical (unpaired) electrons. The molecule has 0 aliphatic heterocycles. The predicted molar refractivity (Wildman–Crippen MR) is 52.2 cm³/mol. The lowest BCUT2D eigenvalue weighted by molar-refractivity contribution is -0.385. The van der Waals surface area contributed by atoms with Gasteiger partial charge in [0.25, 0.3) is 0 Å². The van der Waals surface area contributed by atoms with Gasteiger partial charge in [0, 0.05) is 12.1 Å². The number of nitrogens with zero attached hydrogens (tertiary/aromatic N) is 1. The van der Waals surface area contributed by atoms with E-state index in [-0.39, 0.29) is 11.4 Å². The Kier molecular flexibility index (Phi) is 2.88. The number of rotatable bonds is 3. The number of benzene rings is 1. The summed E-state index contributed by atoms with van der Waals surface area (Å²) in [5, 5.41) is 10.6. The van der Waals surface area contributed by atoms with Crippen LogP contribution in [0.1, 0.15) is 5.56 Å². The van der Waals surface area contributed by atoms with E-state index in [0.29, 0.717) is 11.3 Å². The van der Waals surface area contributed by atoms with Crippen LogP contribution >= 0.6 is 0 Å². The zero-order valence-corrected chi connectivity index (χ0v) is 7.90. The molecule has 0 saturated carbocycles. The van der Waals surface area contributed by atoms with E-state index in [9.17, 15) is 10.1 Å². The summed E-state index contributed by atoms with van der Waals surface area (Å²) < 4.78 is 4.87. The third kappa shape index (κ3) is 1.74. The van der Waals surface area contributed by atoms with E-state index < -0.39 is 4.92 Å². The van der Waals surface area contributed by atoms with Crippen molar-refractivity contribution >= 4 is 11.4 Å². The number of nitrogens with two attached hydrogens (primary N) is 1. The maximum absolute atomic E-state index is 10.6. The topological polar surface area (TPSA) is 90.4 Å². The summed E-state index contributed by atoms with van der Waals surface area (Å²) in [5.74, 6) is 5.41. The Morgan fingerprint density at radius 2 is 2.21 bits per heavy atom. The van der Waals surface area contributed by atoms with Gasteiger partial charge in [-0.3, -0.25) is 16.0 Å². The molecule has 0 bridgehead atoms. The van der Waals surface area contributed by atoms with E-state index in [4.69, 9.17) is 10.6 Å². The third-order valence-corrected chi connectivity index (χ3v) is 1.88. The first-order chi connectivity index (χ1) is 6.60. The lowest BCUT2D eigenvalue weighted by Crippen LogP contribution is -2.08. The summed E-state index contributed by atoms with van der Waals surface area (Å²) in [6.45, 7) is 1.72. The Labute approximate surface area is 80.8 Å². The molecule has 3 N–H and O–H groups in total. The van der Waals surface area contributed by atoms with Gasteiger partial charge in [0.1, 0.15) is 0 Å². The molecule has 0 fully saturated rings. The van der Waals surface area contributed by atoms with Gasteiger partial charge in [0.05, 0.1) is 17.7 Å². The van der Waals surface area contributed by atoms with Gasteiger partial charge >= 0.3 is 5.69 Å². The SMILES string of the molecule is COc1cc(NN)c(C)cc1[N+](=O)[O-]. The van der Waals surface area contributed by atoms with Crippen molar-refractivity contribution in [2.24, 2.45) is 5.84 Å². The predicted octanol–water partition coefficient (Wildman–Crippen LogP) is 1.20. The molecule has 6 nitrogen and oxygen atoms in total. The second-order valence-electron chi connectivity index (χ2n) is 2.74. The molecule has 0 atom stereocenters. The van der Waals surface area contributed by atoms with Crippen LogP contribution in [0.5, 0.6) is 5.75 Å². The number of nitrogens with one attached hydrogen (secondary N) is 1. The minimum atomic E-state index is -0.494. The number of hydrazine groups is 1. The Hall–Kier alpha value is -1.82. The van der Waals surface area contributed by atoms with Gasteiger partial charge in [-0.15, -0.1) is 0 Å². The summed E-state index contributed by atoms with van der Waals surface area (Å²) in [5.41, 5.74) is 3.67. The number of nitro groups is 1. The Bertz CT molecular complexity index is 365. The van der Waals surface area contributed by atoms with Crippen molar-refractivity contribution in [3.8, 4) is 5.75 Å². The molecule has 0 aliphatic rings. The summed E-state index contributed by atoms with van der Waals surface area (Å²) >= 11 is 0. The van der Waals surface area contributed by atoms with Crippen molar-refractivity contribution < 1.29 is 9.66 Å². The molecule has 0 heterocycles. The average molecular weight is 197 g/mol. The first-order valence-electron chi connectivity index (χ1n) is 3.89. The van der Waals surface area contributed by atoms with Crippen LogP contribution in [0.25, 0.3) is 0 Å². The molecule has 0 aromatic heterocycles. The number of ether oxygens (including phenoxy) is 1. The zero-order chi connectivity index (χ0) is 10.7. The first kappa shape index (κ1) is 10.3. The normalized spacial score (nSPS) is 9.64. The van der Waals surface area contributed by atoms with Gasteiger partial charge in [-0.1, -0.05) is 0 Å². The lowest BCUT2D eigenvalue weighted by atomic mass is 10.1. The van der Waals surface area contributed by atoms with Gasteiger partial charge in [0.2, 0.25) is 0 Å². The highest BCUT2D eigenvalue weighted by atomic mass is 16.6. The van der Waals surface area contributed by atoms with Crippen molar-refractivity contribution in [1.29, 1.82) is 0 Å². The molecule has 0 unspecified atom stereocenters. The number of aryl methyl sites for hydroxylation is 1. The molecule has 76 valence electrons. The van der Waals surface area contributed by atoms with Gasteiger partial charge in [-0.2, -0.15) is 0 Å². The van der Waals surface area contributed by atoms with E-state index in [1.165, 1.54) is 19.2 Å². The number of hydrogen-bond acceptors (Lipinski definition) is 5. The maximum atomic E-state index is 10.6. The van der Waals surface area contributed by atoms with Gasteiger partial charge in [-0.25, -0.2) is 0 Å². The Morgan fingerprint density at radius 1 is 1.57 bits per heavy atom. The summed E-state index contributed by atoms with van der Waals surface area (Å²) in [4.78, 5) is 10.1. The first-order valence-corrected chi connectivity index (χ1v) is 3.89. The van der Waals surface area contributed by atoms with Crippen LogP contribution < -0.4 is 16.0 Å². The van der Waals surface area contributed by atoms with Crippen LogP contribution in [0.2, 0.25) is 0 Å². The summed E-state index contributed by atoms with van der Waals surface area (Å²) in [7, 11) is 1.37. The van der Waals surface area contributed by atoms with Crippen LogP contribution in [-0.2, 0) is 0 Å². The van der Waals surface area contributed by atoms with Crippen molar-refractivity contribution in [2.45, 2.75) is 6.92 Å². The smallest absolute Gasteiger partial charge is 0.311 e. The van der Waals surface area contributed by atoms with Crippen molar-refractivity contribution in [3.63, 3.8) is 0 Å². The molecule has 1 aromatic rings. The van der Waals surface area contributed by atoms with Crippen LogP contribution in [0.4, 0.5) is 11.4 Å². The molecule has 0 aliphatic carbocycles. The van der Waals surface area contributed by atoms with E-state index in [1.807, 2.05) is 0 Å². The fourth-order valence-electron chi connectivity index (χ4n) is 1.13. The van der Waals surface area contributed by atoms with E-state index >= 15 is 0 Å². The number of methoxy groups -OCH3 is 1. The van der Waals surface area contributed by atoms with Gasteiger partial charge in [0.15, 0.2) is 5.75 Å². The summed E-state index contributed by atoms with van der Waals surface area (Å²) in [6.07, 6.45) is 0. The largest absolute Gasteiger partial charge is 0.490 e. The lowest BCUT2D eigenvalue weighted by Gasteiger charge is -2.07. The van der Waals surface area contributed by atoms with E-state index in [1.54, 1.807) is 6.92 Å². The number of nitrogen functional groups attached to an aromatic ring is 1. The van der Waals surface area contributed by atoms with Crippen LogP contribution in [0, 0.1) is 17.0 Å². The van der Waals surface area contributed by atoms with Crippen molar-refractivity contribution in [2.75, 3.05) is 12.5 Å². The highest BCUT2D eigenvalue weighted by Gasteiger charge is 2.16. The Balaban J connectivity index is 3.31. The van der Waals surface area contributed by atoms with Gasteiger partial charge < -0.3 is 10.2 Å². The monoisotopic (exact) mass is 197 g/mol. The molecule has 0 amide bonds. The molecule has 14 heavy (non-hydrogen) atoms. The molecular formula is C8H11N3O3. The fraction of sp³-hybridized carbons (Fsp3) is 0.250. The Morgan fingerprint density at radius 3 is 2.64 bits per heavy atom. The standard InChI is InChI=1S/C8H11N3O3/c1-5-3-7(11(12)13)8(14-2)4-6(5)10-9/h3-4,10H,9H2,1-2H3. The maximum Gasteiger partial charge on any atom is 0.311 e. The van der Waals surface area contributed by atoms with E-state index in [0.717, 1.165) is 0 Å². The minimum Gasteiger partial charge on any atom is -0.490 e. The fourth-order valence-corrected chi connectivity index (χ4v) is 1.13. The third-order valence-electron chi connectivity index (χ3n) is 1.88. The van der Waals surface area contributed by atoms with Crippen LogP contribution in [0.15, 0.2) is 12.1 Å². The second-order valence-corrected chi connectivity index (χ2v) is 2.74. The number of anilines is 1. The molecule has 1 rings (SSSR count). The number of nitro benzene ring substituents is 1. The van der Waals surface area contributed by atoms with Gasteiger partial charge in [-0.05, 0) is 12.5 Å². The molecule has 6 heteroatoms. The van der Waals surface area contributed by atoms with Crippen LogP contribution in [-0.4, -0.2) is 12.0 Å². The zero-order valence-electron chi connectivity index (χ0n) is 7.90. The van der Waals surface area contributed by atoms with Crippen LogP contribution in [0.3, 0.4) is 0 Å². The highest BCUT2D eigenvalue weighted by molar-refractivity contribution is 5.62. The second kappa shape index (κ2) is 3.93. The van der Waals surface area contributed by atoms with E-state index in [2.05, 4.69) is 5.43 Å². The highest BCUT2D eigenvalue weighted by Crippen LogP contribution is 2.32. The number of hydrogen-bond donors (Lipinski definition) is 2. The molecule has 1 aromatic carbocycles. The average Bonchev–Trinajstić information content (AvgIpc) is 2.17. The quantitative estimate of drug-likeness (QED) is 0.431.